The molecule has 0 amide bonds. The van der Waals surface area contributed by atoms with Gasteiger partial charge in [0, 0.05) is 12.0 Å². The van der Waals surface area contributed by atoms with Crippen LogP contribution in [0.5, 0.6) is 0 Å². The van der Waals surface area contributed by atoms with Gasteiger partial charge in [-0.05, 0) is 13.3 Å². The number of allylic oxidation sites excluding steroid dienone is 1. The van der Waals surface area contributed by atoms with Crippen LogP contribution in [0.3, 0.4) is 0 Å². The second kappa shape index (κ2) is 3.05. The minimum atomic E-state index is -0.811. The SMILES string of the molecule is COC1=C(C)C(=O)C(O)CC1. The van der Waals surface area contributed by atoms with Crippen LogP contribution >= 0.6 is 0 Å². The lowest BCUT2D eigenvalue weighted by Gasteiger charge is -2.19. The van der Waals surface area contributed by atoms with Crippen molar-refractivity contribution in [1.29, 1.82) is 0 Å². The summed E-state index contributed by atoms with van der Waals surface area (Å²) in [5.74, 6) is 0.508. The zero-order valence-corrected chi connectivity index (χ0v) is 6.76. The third-order valence-electron chi connectivity index (χ3n) is 1.98. The highest BCUT2D eigenvalue weighted by Gasteiger charge is 2.25. The maximum absolute atomic E-state index is 11.1. The molecule has 1 rings (SSSR count). The van der Waals surface area contributed by atoms with Gasteiger partial charge in [-0.2, -0.15) is 0 Å². The Bertz CT molecular complexity index is 205. The molecule has 11 heavy (non-hydrogen) atoms. The molecule has 3 heteroatoms. The van der Waals surface area contributed by atoms with Gasteiger partial charge in [0.2, 0.25) is 0 Å². The Balaban J connectivity index is 2.87. The molecule has 0 aromatic rings. The van der Waals surface area contributed by atoms with Crippen molar-refractivity contribution in [2.24, 2.45) is 0 Å². The molecule has 1 N–H and O–H groups in total. The molecule has 0 bridgehead atoms. The van der Waals surface area contributed by atoms with E-state index in [0.29, 0.717) is 24.2 Å². The molecule has 0 heterocycles. The second-order valence-corrected chi connectivity index (χ2v) is 2.67. The maximum atomic E-state index is 11.1. The van der Waals surface area contributed by atoms with Crippen molar-refractivity contribution < 1.29 is 14.6 Å². The van der Waals surface area contributed by atoms with Crippen LogP contribution in [0, 0.1) is 0 Å². The lowest BCUT2D eigenvalue weighted by Crippen LogP contribution is -2.26. The van der Waals surface area contributed by atoms with E-state index in [1.807, 2.05) is 0 Å². The van der Waals surface area contributed by atoms with Crippen LogP contribution < -0.4 is 0 Å². The second-order valence-electron chi connectivity index (χ2n) is 2.67. The summed E-state index contributed by atoms with van der Waals surface area (Å²) in [5.41, 5.74) is 0.561. The molecule has 3 nitrogen and oxygen atoms in total. The summed E-state index contributed by atoms with van der Waals surface area (Å²) in [5, 5.41) is 9.12. The standard InChI is InChI=1S/C8H12O3/c1-5-7(11-2)4-3-6(9)8(5)10/h6,9H,3-4H2,1-2H3. The molecule has 1 aliphatic carbocycles. The molecule has 0 fully saturated rings. The molecule has 0 spiro atoms. The number of carbonyl (C=O) groups is 1. The highest BCUT2D eigenvalue weighted by atomic mass is 16.5. The van der Waals surface area contributed by atoms with E-state index in [0.717, 1.165) is 0 Å². The molecule has 62 valence electrons. The fourth-order valence-corrected chi connectivity index (χ4v) is 1.23. The zero-order chi connectivity index (χ0) is 8.43. The van der Waals surface area contributed by atoms with E-state index in [9.17, 15) is 4.79 Å². The number of rotatable bonds is 1. The third kappa shape index (κ3) is 1.43. The monoisotopic (exact) mass is 156 g/mol. The molecule has 0 aromatic carbocycles. The first-order chi connectivity index (χ1) is 5.16. The van der Waals surface area contributed by atoms with Crippen molar-refractivity contribution in [2.75, 3.05) is 7.11 Å². The van der Waals surface area contributed by atoms with Crippen LogP contribution in [0.15, 0.2) is 11.3 Å². The summed E-state index contributed by atoms with van der Waals surface area (Å²) in [6.45, 7) is 1.68. The summed E-state index contributed by atoms with van der Waals surface area (Å²) in [4.78, 5) is 11.1. The van der Waals surface area contributed by atoms with E-state index in [-0.39, 0.29) is 5.78 Å². The van der Waals surface area contributed by atoms with Gasteiger partial charge >= 0.3 is 0 Å². The van der Waals surface area contributed by atoms with Gasteiger partial charge in [-0.1, -0.05) is 0 Å². The predicted molar refractivity (Wildman–Crippen MR) is 40.0 cm³/mol. The molecule has 0 aliphatic heterocycles. The summed E-state index contributed by atoms with van der Waals surface area (Å²) >= 11 is 0. The quantitative estimate of drug-likeness (QED) is 0.605. The molecule has 1 atom stereocenters. The van der Waals surface area contributed by atoms with Crippen LogP contribution in [0.2, 0.25) is 0 Å². The smallest absolute Gasteiger partial charge is 0.190 e. The van der Waals surface area contributed by atoms with Gasteiger partial charge in [0.1, 0.15) is 11.9 Å². The van der Waals surface area contributed by atoms with Gasteiger partial charge in [0.05, 0.1) is 7.11 Å². The fraction of sp³-hybridized carbons (Fsp3) is 0.625. The van der Waals surface area contributed by atoms with Crippen LogP contribution in [-0.4, -0.2) is 24.1 Å². The predicted octanol–water partition coefficient (Wildman–Crippen LogP) is 0.631. The van der Waals surface area contributed by atoms with E-state index in [4.69, 9.17) is 9.84 Å². The summed E-state index contributed by atoms with van der Waals surface area (Å²) in [6.07, 6.45) is 0.336. The molecule has 0 radical (unpaired) electrons. The first kappa shape index (κ1) is 8.27. The highest BCUT2D eigenvalue weighted by Crippen LogP contribution is 2.21. The number of methoxy groups -OCH3 is 1. The van der Waals surface area contributed by atoms with Crippen LogP contribution in [0.1, 0.15) is 19.8 Å². The summed E-state index contributed by atoms with van der Waals surface area (Å²) in [6, 6.07) is 0. The summed E-state index contributed by atoms with van der Waals surface area (Å²) < 4.78 is 4.97. The molecular weight excluding hydrogens is 144 g/mol. The molecule has 0 saturated heterocycles. The number of Topliss-reactive ketones (excluding diaryl/α,β-unsaturated/α-hetero) is 1. The van der Waals surface area contributed by atoms with Crippen molar-refractivity contribution in [3.63, 3.8) is 0 Å². The van der Waals surface area contributed by atoms with E-state index in [1.54, 1.807) is 14.0 Å². The lowest BCUT2D eigenvalue weighted by molar-refractivity contribution is -0.124. The van der Waals surface area contributed by atoms with Crippen molar-refractivity contribution in [1.82, 2.24) is 0 Å². The molecule has 0 aromatic heterocycles. The average molecular weight is 156 g/mol. The normalized spacial score (nSPS) is 25.7. The van der Waals surface area contributed by atoms with E-state index in [1.165, 1.54) is 0 Å². The number of ether oxygens (including phenoxy) is 1. The highest BCUT2D eigenvalue weighted by molar-refractivity contribution is 5.99. The van der Waals surface area contributed by atoms with Crippen molar-refractivity contribution in [3.8, 4) is 0 Å². The van der Waals surface area contributed by atoms with E-state index < -0.39 is 6.10 Å². The number of hydrogen-bond acceptors (Lipinski definition) is 3. The third-order valence-corrected chi connectivity index (χ3v) is 1.98. The Morgan fingerprint density at radius 2 is 2.27 bits per heavy atom. The Kier molecular flexibility index (Phi) is 2.29. The number of hydrogen-bond donors (Lipinski definition) is 1. The van der Waals surface area contributed by atoms with Gasteiger partial charge in [-0.3, -0.25) is 4.79 Å². The van der Waals surface area contributed by atoms with Gasteiger partial charge in [0.15, 0.2) is 5.78 Å². The number of aliphatic hydroxyl groups is 1. The summed E-state index contributed by atoms with van der Waals surface area (Å²) in [7, 11) is 1.55. The van der Waals surface area contributed by atoms with Crippen LogP contribution in [0.4, 0.5) is 0 Å². The maximum Gasteiger partial charge on any atom is 0.190 e. The number of ketones is 1. The van der Waals surface area contributed by atoms with Gasteiger partial charge in [0.25, 0.3) is 0 Å². The van der Waals surface area contributed by atoms with Crippen LogP contribution in [-0.2, 0) is 9.53 Å². The zero-order valence-electron chi connectivity index (χ0n) is 6.76. The van der Waals surface area contributed by atoms with E-state index >= 15 is 0 Å². The fourth-order valence-electron chi connectivity index (χ4n) is 1.23. The molecule has 1 aliphatic rings. The Morgan fingerprint density at radius 1 is 1.64 bits per heavy atom. The molecule has 0 saturated carbocycles. The Labute approximate surface area is 65.7 Å². The van der Waals surface area contributed by atoms with Gasteiger partial charge in [-0.25, -0.2) is 0 Å². The van der Waals surface area contributed by atoms with Crippen molar-refractivity contribution in [2.45, 2.75) is 25.9 Å². The topological polar surface area (TPSA) is 46.5 Å². The van der Waals surface area contributed by atoms with E-state index in [2.05, 4.69) is 0 Å². The Hall–Kier alpha value is -0.830. The molecular formula is C8H12O3. The first-order valence-electron chi connectivity index (χ1n) is 3.63. The lowest BCUT2D eigenvalue weighted by atomic mass is 9.95. The van der Waals surface area contributed by atoms with Crippen LogP contribution in [0.25, 0.3) is 0 Å². The van der Waals surface area contributed by atoms with Crippen molar-refractivity contribution in [3.05, 3.63) is 11.3 Å². The largest absolute Gasteiger partial charge is 0.501 e. The minimum Gasteiger partial charge on any atom is -0.501 e. The molecule has 1 unspecified atom stereocenters. The number of aliphatic hydroxyl groups excluding tert-OH is 1. The van der Waals surface area contributed by atoms with Gasteiger partial charge in [-0.15, -0.1) is 0 Å². The van der Waals surface area contributed by atoms with Crippen molar-refractivity contribution >= 4 is 5.78 Å². The number of carbonyl (C=O) groups excluding carboxylic acids is 1. The minimum absolute atomic E-state index is 0.201. The first-order valence-corrected chi connectivity index (χ1v) is 3.63. The Morgan fingerprint density at radius 3 is 2.82 bits per heavy atom. The van der Waals surface area contributed by atoms with Gasteiger partial charge < -0.3 is 9.84 Å². The average Bonchev–Trinajstić information content (AvgIpc) is 2.01.